The fourth-order valence-corrected chi connectivity index (χ4v) is 2.36. The molecule has 3 atom stereocenters. The second kappa shape index (κ2) is 3.15. The van der Waals surface area contributed by atoms with Crippen LogP contribution in [0.3, 0.4) is 0 Å². The molecule has 1 saturated heterocycles. The minimum Gasteiger partial charge on any atom is -0.465 e. The predicted molar refractivity (Wildman–Crippen MR) is 48.8 cm³/mol. The van der Waals surface area contributed by atoms with E-state index in [4.69, 9.17) is 5.11 Å². The van der Waals surface area contributed by atoms with Gasteiger partial charge in [0.2, 0.25) is 5.91 Å². The number of nitrogens with zero attached hydrogens (tertiary/aromatic N) is 1. The first-order valence-electron chi connectivity index (χ1n) is 4.90. The largest absolute Gasteiger partial charge is 0.465 e. The normalized spacial score (nSPS) is 33.8. The van der Waals surface area contributed by atoms with Gasteiger partial charge in [0.1, 0.15) is 0 Å². The van der Waals surface area contributed by atoms with E-state index in [1.54, 1.807) is 0 Å². The summed E-state index contributed by atoms with van der Waals surface area (Å²) >= 11 is 0. The van der Waals surface area contributed by atoms with E-state index in [0.717, 1.165) is 0 Å². The number of hydrogen-bond donors (Lipinski definition) is 2. The van der Waals surface area contributed by atoms with Gasteiger partial charge in [-0.1, -0.05) is 0 Å². The van der Waals surface area contributed by atoms with Crippen molar-refractivity contribution >= 4 is 12.0 Å². The van der Waals surface area contributed by atoms with Crippen molar-refractivity contribution in [2.75, 3.05) is 19.6 Å². The highest BCUT2D eigenvalue weighted by Crippen LogP contribution is 2.51. The van der Waals surface area contributed by atoms with Gasteiger partial charge in [0.05, 0.1) is 0 Å². The van der Waals surface area contributed by atoms with Gasteiger partial charge in [-0.3, -0.25) is 4.79 Å². The van der Waals surface area contributed by atoms with Crippen LogP contribution in [0.25, 0.3) is 0 Å². The summed E-state index contributed by atoms with van der Waals surface area (Å²) < 4.78 is 0. The SMILES string of the molecule is CCNC(=O)[C@@H]1[C@@H]2CN(C(=O)O)C[C@@H]21. The first-order chi connectivity index (χ1) is 6.65. The van der Waals surface area contributed by atoms with Crippen LogP contribution in [0.5, 0.6) is 0 Å². The Balaban J connectivity index is 1.85. The van der Waals surface area contributed by atoms with Crippen molar-refractivity contribution in [3.63, 3.8) is 0 Å². The standard InChI is InChI=1S/C9H14N2O3/c1-2-10-8(12)7-5-3-11(9(13)14)4-6(5)7/h5-7H,2-4H2,1H3,(H,10,12)(H,13,14)/t5-,6+,7-. The fourth-order valence-electron chi connectivity index (χ4n) is 2.36. The summed E-state index contributed by atoms with van der Waals surface area (Å²) in [7, 11) is 0. The summed E-state index contributed by atoms with van der Waals surface area (Å²) in [5, 5.41) is 11.5. The zero-order chi connectivity index (χ0) is 10.3. The van der Waals surface area contributed by atoms with Crippen molar-refractivity contribution in [2.45, 2.75) is 6.92 Å². The zero-order valence-corrected chi connectivity index (χ0v) is 8.06. The minimum atomic E-state index is -0.869. The first kappa shape index (κ1) is 9.30. The van der Waals surface area contributed by atoms with E-state index in [1.807, 2.05) is 6.92 Å². The molecule has 2 amide bonds. The Kier molecular flexibility index (Phi) is 2.09. The summed E-state index contributed by atoms with van der Waals surface area (Å²) in [5.41, 5.74) is 0. The third kappa shape index (κ3) is 1.32. The van der Waals surface area contributed by atoms with E-state index in [0.29, 0.717) is 19.6 Å². The summed E-state index contributed by atoms with van der Waals surface area (Å²) in [6.45, 7) is 3.60. The van der Waals surface area contributed by atoms with Gasteiger partial charge in [0, 0.05) is 25.6 Å². The molecule has 2 N–H and O–H groups in total. The van der Waals surface area contributed by atoms with Gasteiger partial charge in [-0.15, -0.1) is 0 Å². The molecule has 0 radical (unpaired) electrons. The lowest BCUT2D eigenvalue weighted by molar-refractivity contribution is -0.123. The highest BCUT2D eigenvalue weighted by Gasteiger charge is 2.60. The van der Waals surface area contributed by atoms with Gasteiger partial charge in [0.15, 0.2) is 0 Å². The molecule has 0 aromatic rings. The average molecular weight is 198 g/mol. The molecule has 14 heavy (non-hydrogen) atoms. The Morgan fingerprint density at radius 1 is 1.43 bits per heavy atom. The number of rotatable bonds is 2. The Bertz CT molecular complexity index is 267. The summed E-state index contributed by atoms with van der Waals surface area (Å²) in [4.78, 5) is 23.4. The van der Waals surface area contributed by atoms with Gasteiger partial charge in [0.25, 0.3) is 0 Å². The molecular formula is C9H14N2O3. The monoisotopic (exact) mass is 198 g/mol. The summed E-state index contributed by atoms with van der Waals surface area (Å²) in [5.74, 6) is 0.716. The molecule has 1 heterocycles. The Labute approximate surface area is 82.1 Å². The van der Waals surface area contributed by atoms with Gasteiger partial charge in [-0.25, -0.2) is 4.79 Å². The Morgan fingerprint density at radius 2 is 2.00 bits per heavy atom. The Morgan fingerprint density at radius 3 is 2.43 bits per heavy atom. The highest BCUT2D eigenvalue weighted by molar-refractivity contribution is 5.83. The molecule has 1 saturated carbocycles. The van der Waals surface area contributed by atoms with Crippen LogP contribution in [-0.4, -0.2) is 41.6 Å². The average Bonchev–Trinajstić information content (AvgIpc) is 2.62. The van der Waals surface area contributed by atoms with E-state index in [-0.39, 0.29) is 23.7 Å². The van der Waals surface area contributed by atoms with E-state index < -0.39 is 6.09 Å². The van der Waals surface area contributed by atoms with E-state index in [1.165, 1.54) is 4.90 Å². The molecule has 0 aromatic heterocycles. The molecule has 0 spiro atoms. The third-order valence-corrected chi connectivity index (χ3v) is 3.12. The molecule has 1 aliphatic carbocycles. The van der Waals surface area contributed by atoms with Crippen molar-refractivity contribution in [2.24, 2.45) is 17.8 Å². The molecule has 2 fully saturated rings. The van der Waals surface area contributed by atoms with Crippen molar-refractivity contribution < 1.29 is 14.7 Å². The second-order valence-corrected chi connectivity index (χ2v) is 3.94. The Hall–Kier alpha value is -1.26. The fraction of sp³-hybridized carbons (Fsp3) is 0.778. The summed E-state index contributed by atoms with van der Waals surface area (Å²) in [6.07, 6.45) is -0.869. The molecule has 1 aliphatic heterocycles. The number of carboxylic acid groups (broad SMARTS) is 1. The van der Waals surface area contributed by atoms with E-state index in [2.05, 4.69) is 5.32 Å². The van der Waals surface area contributed by atoms with Crippen molar-refractivity contribution in [1.29, 1.82) is 0 Å². The van der Waals surface area contributed by atoms with Crippen molar-refractivity contribution in [1.82, 2.24) is 10.2 Å². The zero-order valence-electron chi connectivity index (χ0n) is 8.06. The second-order valence-electron chi connectivity index (χ2n) is 3.94. The van der Waals surface area contributed by atoms with Crippen LogP contribution < -0.4 is 5.32 Å². The lowest BCUT2D eigenvalue weighted by Crippen LogP contribution is -2.34. The number of piperidine rings is 1. The van der Waals surface area contributed by atoms with E-state index in [9.17, 15) is 9.59 Å². The molecule has 2 rings (SSSR count). The minimum absolute atomic E-state index is 0.0746. The predicted octanol–water partition coefficient (Wildman–Crippen LogP) is -0.0217. The molecule has 78 valence electrons. The quantitative estimate of drug-likeness (QED) is 0.655. The van der Waals surface area contributed by atoms with E-state index >= 15 is 0 Å². The number of carbonyl (C=O) groups excluding carboxylic acids is 1. The number of likely N-dealkylation sites (tertiary alicyclic amines) is 1. The molecule has 0 aromatic carbocycles. The molecule has 0 unspecified atom stereocenters. The molecule has 0 bridgehead atoms. The summed E-state index contributed by atoms with van der Waals surface area (Å²) in [6, 6.07) is 0. The van der Waals surface area contributed by atoms with Crippen molar-refractivity contribution in [3.8, 4) is 0 Å². The van der Waals surface area contributed by atoms with Crippen LogP contribution in [-0.2, 0) is 4.79 Å². The number of fused-ring (bicyclic) bond motifs is 1. The number of nitrogens with one attached hydrogen (secondary N) is 1. The molecule has 2 aliphatic rings. The van der Waals surface area contributed by atoms with Crippen LogP contribution in [0.15, 0.2) is 0 Å². The van der Waals surface area contributed by atoms with Gasteiger partial charge in [-0.05, 0) is 18.8 Å². The van der Waals surface area contributed by atoms with Crippen molar-refractivity contribution in [3.05, 3.63) is 0 Å². The molecule has 5 nitrogen and oxygen atoms in total. The van der Waals surface area contributed by atoms with Crippen LogP contribution in [0.1, 0.15) is 6.92 Å². The van der Waals surface area contributed by atoms with Gasteiger partial charge in [-0.2, -0.15) is 0 Å². The highest BCUT2D eigenvalue weighted by atomic mass is 16.4. The maximum Gasteiger partial charge on any atom is 0.407 e. The van der Waals surface area contributed by atoms with Gasteiger partial charge < -0.3 is 15.3 Å². The topological polar surface area (TPSA) is 69.6 Å². The number of carbonyl (C=O) groups is 2. The number of amides is 2. The van der Waals surface area contributed by atoms with Crippen LogP contribution in [0, 0.1) is 17.8 Å². The first-order valence-corrected chi connectivity index (χ1v) is 4.90. The third-order valence-electron chi connectivity index (χ3n) is 3.12. The molecule has 5 heteroatoms. The smallest absolute Gasteiger partial charge is 0.407 e. The molecular weight excluding hydrogens is 184 g/mol. The van der Waals surface area contributed by atoms with Crippen LogP contribution in [0.2, 0.25) is 0 Å². The maximum absolute atomic E-state index is 11.4. The maximum atomic E-state index is 11.4. The lowest BCUT2D eigenvalue weighted by Gasteiger charge is -2.15. The number of hydrogen-bond acceptors (Lipinski definition) is 2. The lowest BCUT2D eigenvalue weighted by atomic mass is 10.2. The van der Waals surface area contributed by atoms with Crippen LogP contribution in [0.4, 0.5) is 4.79 Å². The van der Waals surface area contributed by atoms with Gasteiger partial charge >= 0.3 is 6.09 Å². The van der Waals surface area contributed by atoms with Crippen LogP contribution >= 0.6 is 0 Å².